The van der Waals surface area contributed by atoms with Gasteiger partial charge in [0.05, 0.1) is 25.4 Å². The molecule has 4 saturated heterocycles. The van der Waals surface area contributed by atoms with Crippen LogP contribution in [0.15, 0.2) is 0 Å². The van der Waals surface area contributed by atoms with Gasteiger partial charge in [-0.3, -0.25) is 0 Å². The zero-order valence-electron chi connectivity index (χ0n) is 25.1. The Morgan fingerprint density at radius 2 is 1.02 bits per heavy atom. The van der Waals surface area contributed by atoms with Gasteiger partial charge in [-0.1, -0.05) is 6.92 Å². The molecule has 46 heavy (non-hydrogen) atoms. The molecule has 0 amide bonds. The Hall–Kier alpha value is -1.25. The molecular formula is C26H44O20. The highest BCUT2D eigenvalue weighted by Gasteiger charge is 2.56. The predicted molar refractivity (Wildman–Crippen MR) is 141 cm³/mol. The van der Waals surface area contributed by atoms with Crippen LogP contribution in [-0.4, -0.2) is 199 Å². The van der Waals surface area contributed by atoms with Crippen LogP contribution < -0.4 is 0 Å². The number of aliphatic hydroxyl groups excluding tert-OH is 10. The number of hydrogen-bond donors (Lipinski definition) is 11. The van der Waals surface area contributed by atoms with Gasteiger partial charge >= 0.3 is 5.97 Å². The fourth-order valence-electron chi connectivity index (χ4n) is 5.87. The molecule has 20 nitrogen and oxygen atoms in total. The molecule has 0 aromatic carbocycles. The second kappa shape index (κ2) is 15.5. The average Bonchev–Trinajstić information content (AvgIpc) is 3.03. The normalized spacial score (nSPS) is 51.9. The maximum Gasteiger partial charge on any atom is 0.335 e. The van der Waals surface area contributed by atoms with Gasteiger partial charge < -0.3 is 94.1 Å². The lowest BCUT2D eigenvalue weighted by Crippen LogP contribution is -2.67. The van der Waals surface area contributed by atoms with Crippen LogP contribution >= 0.6 is 0 Å². The number of aliphatic carboxylic acids is 1. The summed E-state index contributed by atoms with van der Waals surface area (Å²) in [5, 5.41) is 114. The quantitative estimate of drug-likeness (QED) is 0.102. The molecule has 0 aliphatic carbocycles. The van der Waals surface area contributed by atoms with Crippen LogP contribution in [0.5, 0.6) is 0 Å². The molecule has 4 fully saturated rings. The van der Waals surface area contributed by atoms with Crippen LogP contribution in [0.2, 0.25) is 0 Å². The molecule has 4 aliphatic heterocycles. The number of rotatable bonds is 10. The van der Waals surface area contributed by atoms with Crippen molar-refractivity contribution in [3.63, 3.8) is 0 Å². The van der Waals surface area contributed by atoms with Gasteiger partial charge in [0.25, 0.3) is 0 Å². The first-order chi connectivity index (χ1) is 21.7. The molecular weight excluding hydrogens is 632 g/mol. The van der Waals surface area contributed by atoms with E-state index in [0.717, 1.165) is 0 Å². The summed E-state index contributed by atoms with van der Waals surface area (Å²) in [5.74, 6) is -2.62. The van der Waals surface area contributed by atoms with Gasteiger partial charge in [-0.2, -0.15) is 0 Å². The van der Waals surface area contributed by atoms with E-state index in [4.69, 9.17) is 37.9 Å². The number of hydrogen-bond acceptors (Lipinski definition) is 19. The Morgan fingerprint density at radius 1 is 0.565 bits per heavy atom. The minimum atomic E-state index is -2.09. The molecule has 20 atom stereocenters. The van der Waals surface area contributed by atoms with Crippen molar-refractivity contribution >= 4 is 5.97 Å². The predicted octanol–water partition coefficient (Wildman–Crippen LogP) is -6.70. The Morgan fingerprint density at radius 3 is 1.59 bits per heavy atom. The fourth-order valence-corrected chi connectivity index (χ4v) is 5.87. The first kappa shape index (κ1) is 37.6. The molecule has 0 bridgehead atoms. The van der Waals surface area contributed by atoms with Crippen molar-refractivity contribution in [2.45, 2.75) is 131 Å². The van der Waals surface area contributed by atoms with Gasteiger partial charge in [-0.15, -0.1) is 0 Å². The van der Waals surface area contributed by atoms with Crippen LogP contribution in [0.1, 0.15) is 13.8 Å². The summed E-state index contributed by atoms with van der Waals surface area (Å²) in [6.07, 6.45) is -31.3. The van der Waals surface area contributed by atoms with Crippen molar-refractivity contribution in [3.05, 3.63) is 0 Å². The van der Waals surface area contributed by atoms with Crippen molar-refractivity contribution in [2.24, 2.45) is 5.92 Å². The van der Waals surface area contributed by atoms with E-state index in [2.05, 4.69) is 0 Å². The van der Waals surface area contributed by atoms with Gasteiger partial charge in [-0.05, 0) is 6.92 Å². The van der Waals surface area contributed by atoms with Gasteiger partial charge in [0.1, 0.15) is 73.2 Å². The summed E-state index contributed by atoms with van der Waals surface area (Å²) >= 11 is 0. The third-order valence-electron chi connectivity index (χ3n) is 8.72. The van der Waals surface area contributed by atoms with Crippen molar-refractivity contribution in [1.29, 1.82) is 0 Å². The number of carbonyl (C=O) groups is 1. The Balaban J connectivity index is 1.45. The van der Waals surface area contributed by atoms with Crippen molar-refractivity contribution in [2.75, 3.05) is 20.3 Å². The fraction of sp³-hybridized carbons (Fsp3) is 0.962. The van der Waals surface area contributed by atoms with Crippen LogP contribution in [0.3, 0.4) is 0 Å². The molecule has 11 N–H and O–H groups in total. The number of carboxylic acids is 1. The molecule has 0 aromatic rings. The summed E-state index contributed by atoms with van der Waals surface area (Å²) in [6.45, 7) is 1.34. The topological polar surface area (TPSA) is 313 Å². The van der Waals surface area contributed by atoms with Crippen LogP contribution in [0.25, 0.3) is 0 Å². The molecule has 4 aliphatic rings. The molecule has 268 valence electrons. The van der Waals surface area contributed by atoms with Crippen LogP contribution in [0.4, 0.5) is 0 Å². The Labute approximate surface area is 262 Å². The molecule has 20 heteroatoms. The minimum absolute atomic E-state index is 0.678. The van der Waals surface area contributed by atoms with Crippen molar-refractivity contribution in [3.8, 4) is 0 Å². The zero-order valence-corrected chi connectivity index (χ0v) is 25.1. The second-order valence-electron chi connectivity index (χ2n) is 11.7. The third kappa shape index (κ3) is 7.34. The van der Waals surface area contributed by atoms with Crippen LogP contribution in [0, 0.1) is 5.92 Å². The molecule has 0 radical (unpaired) electrons. The van der Waals surface area contributed by atoms with E-state index < -0.39 is 142 Å². The highest BCUT2D eigenvalue weighted by Crippen LogP contribution is 2.35. The highest BCUT2D eigenvalue weighted by molar-refractivity contribution is 5.73. The number of ether oxygens (including phenoxy) is 8. The standard InChI is InChI=1S/C26H44O20/c1-6-10(29)8(4-27)41-24(11(6)30)45-20-14(33)17(36)26(46-21(20)22(37)38)44-19-9(5-28)42-25(16(35)13(19)32)43-18-7(2)40-23(39-3)15(34)12(18)31/h6-21,23-36H,4-5H2,1-3H3,(H,37,38)/t6-,7?,8?,9?,10?,11?,12?,13?,14?,15?,16?,17?,18?,19?,20?,21?,23?,24?,25?,26?/m1/s1. The number of aliphatic hydroxyl groups is 10. The molecule has 0 aromatic heterocycles. The first-order valence-corrected chi connectivity index (χ1v) is 14.7. The van der Waals surface area contributed by atoms with Crippen molar-refractivity contribution < 1.29 is 98.9 Å². The molecule has 19 unspecified atom stereocenters. The first-order valence-electron chi connectivity index (χ1n) is 14.7. The monoisotopic (exact) mass is 676 g/mol. The van der Waals surface area contributed by atoms with E-state index in [1.807, 2.05) is 0 Å². The molecule has 4 rings (SSSR count). The third-order valence-corrected chi connectivity index (χ3v) is 8.72. The lowest BCUT2D eigenvalue weighted by atomic mass is 9.90. The number of carboxylic acid groups (broad SMARTS) is 1. The van der Waals surface area contributed by atoms with Crippen LogP contribution in [-0.2, 0) is 42.7 Å². The number of methoxy groups -OCH3 is 1. The molecule has 0 saturated carbocycles. The van der Waals surface area contributed by atoms with E-state index in [1.54, 1.807) is 0 Å². The van der Waals surface area contributed by atoms with E-state index >= 15 is 0 Å². The summed E-state index contributed by atoms with van der Waals surface area (Å²) in [6, 6.07) is 0. The van der Waals surface area contributed by atoms with E-state index in [0.29, 0.717) is 0 Å². The van der Waals surface area contributed by atoms with Gasteiger partial charge in [0.2, 0.25) is 0 Å². The maximum atomic E-state index is 12.1. The van der Waals surface area contributed by atoms with Gasteiger partial charge in [-0.25, -0.2) is 4.79 Å². The maximum absolute atomic E-state index is 12.1. The summed E-state index contributed by atoms with van der Waals surface area (Å²) < 4.78 is 43.3. The highest BCUT2D eigenvalue weighted by atomic mass is 16.8. The zero-order chi connectivity index (χ0) is 34.2. The lowest BCUT2D eigenvalue weighted by Gasteiger charge is -2.48. The Bertz CT molecular complexity index is 987. The lowest BCUT2D eigenvalue weighted by molar-refractivity contribution is -0.382. The van der Waals surface area contributed by atoms with E-state index in [1.165, 1.54) is 21.0 Å². The van der Waals surface area contributed by atoms with Crippen molar-refractivity contribution in [1.82, 2.24) is 0 Å². The average molecular weight is 677 g/mol. The van der Waals surface area contributed by atoms with E-state index in [-0.39, 0.29) is 0 Å². The summed E-state index contributed by atoms with van der Waals surface area (Å²) in [4.78, 5) is 12.1. The van der Waals surface area contributed by atoms with E-state index in [9.17, 15) is 61.0 Å². The largest absolute Gasteiger partial charge is 0.479 e. The summed E-state index contributed by atoms with van der Waals surface area (Å²) in [5.41, 5.74) is 0. The summed E-state index contributed by atoms with van der Waals surface area (Å²) in [7, 11) is 1.25. The van der Waals surface area contributed by atoms with Gasteiger partial charge in [0, 0.05) is 13.0 Å². The SMILES string of the molecule is COC1OC(C)C(OC2OC(CO)C(OC3OC(C(=O)O)C(OC4OC(CO)C(O)[C@@H](C)C4O)C(O)C3O)C(O)C2O)C(O)C1O. The van der Waals surface area contributed by atoms with Gasteiger partial charge in [0.15, 0.2) is 31.3 Å². The second-order valence-corrected chi connectivity index (χ2v) is 11.7. The smallest absolute Gasteiger partial charge is 0.335 e. The Kier molecular flexibility index (Phi) is 12.7. The molecule has 4 heterocycles. The molecule has 0 spiro atoms. The minimum Gasteiger partial charge on any atom is -0.479 e.